The second-order valence-corrected chi connectivity index (χ2v) is 5.57. The van der Waals surface area contributed by atoms with Crippen LogP contribution in [0.1, 0.15) is 31.9 Å². The van der Waals surface area contributed by atoms with Gasteiger partial charge in [0.1, 0.15) is 5.75 Å². The van der Waals surface area contributed by atoms with E-state index in [2.05, 4.69) is 15.0 Å². The fourth-order valence-corrected chi connectivity index (χ4v) is 1.64. The summed E-state index contributed by atoms with van der Waals surface area (Å²) in [6.07, 6.45) is 0. The van der Waals surface area contributed by atoms with Crippen LogP contribution in [0.4, 0.5) is 8.78 Å². The maximum absolute atomic E-state index is 12.3. The highest BCUT2D eigenvalue weighted by atomic mass is 127. The van der Waals surface area contributed by atoms with Gasteiger partial charge in [-0.1, -0.05) is 17.7 Å². The largest absolute Gasteiger partial charge is 0.434 e. The standard InChI is InChI=1S/C14H21F2N3O.HI/c1-9-5-6-11(20-12(15)16)10(7-9)8-18-13(17)19-14(2,3)4;/h5-7,12H,8H2,1-4H3,(H3,17,18,19);1H. The van der Waals surface area contributed by atoms with E-state index in [-0.39, 0.29) is 47.8 Å². The molecule has 0 aromatic heterocycles. The Hall–Kier alpha value is -1.12. The molecule has 4 nitrogen and oxygen atoms in total. The van der Waals surface area contributed by atoms with Gasteiger partial charge in [0.05, 0.1) is 6.54 Å². The summed E-state index contributed by atoms with van der Waals surface area (Å²) in [5.41, 5.74) is 7.06. The Labute approximate surface area is 141 Å². The number of ether oxygens (including phenoxy) is 1. The van der Waals surface area contributed by atoms with Crippen LogP contribution in [0.2, 0.25) is 0 Å². The lowest BCUT2D eigenvalue weighted by atomic mass is 10.1. The molecule has 7 heteroatoms. The summed E-state index contributed by atoms with van der Waals surface area (Å²) in [4.78, 5) is 4.15. The van der Waals surface area contributed by atoms with Crippen molar-refractivity contribution in [3.63, 3.8) is 0 Å². The van der Waals surface area contributed by atoms with Gasteiger partial charge in [-0.15, -0.1) is 24.0 Å². The van der Waals surface area contributed by atoms with Gasteiger partial charge in [-0.2, -0.15) is 8.78 Å². The fraction of sp³-hybridized carbons (Fsp3) is 0.500. The topological polar surface area (TPSA) is 59.6 Å². The number of rotatable bonds is 4. The maximum atomic E-state index is 12.3. The maximum Gasteiger partial charge on any atom is 0.387 e. The summed E-state index contributed by atoms with van der Waals surface area (Å²) in [7, 11) is 0. The quantitative estimate of drug-likeness (QED) is 0.452. The van der Waals surface area contributed by atoms with Gasteiger partial charge >= 0.3 is 6.61 Å². The van der Waals surface area contributed by atoms with Crippen molar-refractivity contribution in [2.75, 3.05) is 0 Å². The van der Waals surface area contributed by atoms with E-state index >= 15 is 0 Å². The van der Waals surface area contributed by atoms with Crippen LogP contribution in [-0.4, -0.2) is 18.1 Å². The summed E-state index contributed by atoms with van der Waals surface area (Å²) in [5.74, 6) is 0.389. The summed E-state index contributed by atoms with van der Waals surface area (Å²) in [5, 5.41) is 3.00. The Bertz CT molecular complexity index is 488. The van der Waals surface area contributed by atoms with Crippen LogP contribution in [0, 0.1) is 6.92 Å². The smallest absolute Gasteiger partial charge is 0.387 e. The molecule has 0 saturated carbocycles. The molecule has 3 N–H and O–H groups in total. The number of benzene rings is 1. The fourth-order valence-electron chi connectivity index (χ4n) is 1.64. The first-order chi connectivity index (χ1) is 9.17. The minimum absolute atomic E-state index is 0. The number of aliphatic imine (C=N–C) groups is 1. The van der Waals surface area contributed by atoms with Crippen molar-refractivity contribution in [2.24, 2.45) is 10.7 Å². The Balaban J connectivity index is 0.00000400. The Morgan fingerprint density at radius 2 is 2.00 bits per heavy atom. The average Bonchev–Trinajstić information content (AvgIpc) is 2.26. The lowest BCUT2D eigenvalue weighted by Gasteiger charge is -2.21. The molecule has 0 radical (unpaired) electrons. The summed E-state index contributed by atoms with van der Waals surface area (Å²) < 4.78 is 29.1. The summed E-state index contributed by atoms with van der Waals surface area (Å²) in [6.45, 7) is 5.05. The zero-order valence-corrected chi connectivity index (χ0v) is 14.9. The van der Waals surface area contributed by atoms with Crippen molar-refractivity contribution in [3.8, 4) is 5.75 Å². The van der Waals surface area contributed by atoms with Crippen LogP contribution >= 0.6 is 24.0 Å². The highest BCUT2D eigenvalue weighted by Crippen LogP contribution is 2.22. The van der Waals surface area contributed by atoms with Gasteiger partial charge in [-0.25, -0.2) is 4.99 Å². The molecule has 0 fully saturated rings. The van der Waals surface area contributed by atoms with Crippen molar-refractivity contribution in [3.05, 3.63) is 29.3 Å². The van der Waals surface area contributed by atoms with Gasteiger partial charge in [0.2, 0.25) is 0 Å². The van der Waals surface area contributed by atoms with Crippen molar-refractivity contribution in [2.45, 2.75) is 46.4 Å². The first-order valence-corrected chi connectivity index (χ1v) is 6.30. The molecule has 0 unspecified atom stereocenters. The number of guanidine groups is 1. The molecular weight excluding hydrogens is 391 g/mol. The summed E-state index contributed by atoms with van der Waals surface area (Å²) in [6, 6.07) is 4.98. The van der Waals surface area contributed by atoms with Crippen LogP contribution in [0.3, 0.4) is 0 Å². The third-order valence-corrected chi connectivity index (χ3v) is 2.35. The van der Waals surface area contributed by atoms with E-state index in [1.54, 1.807) is 12.1 Å². The normalized spacial score (nSPS) is 12.0. The monoisotopic (exact) mass is 413 g/mol. The molecule has 0 spiro atoms. The van der Waals surface area contributed by atoms with Gasteiger partial charge in [-0.3, -0.25) is 0 Å². The number of hydrogen-bond donors (Lipinski definition) is 2. The molecule has 0 aliphatic heterocycles. The Kier molecular flexibility index (Phi) is 7.91. The lowest BCUT2D eigenvalue weighted by Crippen LogP contribution is -2.44. The Morgan fingerprint density at radius 3 is 2.52 bits per heavy atom. The van der Waals surface area contributed by atoms with E-state index < -0.39 is 6.61 Å². The molecule has 0 aliphatic carbocycles. The molecule has 0 atom stereocenters. The molecule has 1 rings (SSSR count). The number of halogens is 3. The van der Waals surface area contributed by atoms with Gasteiger partial charge < -0.3 is 15.8 Å². The minimum atomic E-state index is -2.86. The zero-order valence-electron chi connectivity index (χ0n) is 12.6. The van der Waals surface area contributed by atoms with Crippen molar-refractivity contribution in [1.29, 1.82) is 0 Å². The summed E-state index contributed by atoms with van der Waals surface area (Å²) >= 11 is 0. The number of nitrogens with one attached hydrogen (secondary N) is 1. The first kappa shape index (κ1) is 19.9. The predicted molar refractivity (Wildman–Crippen MR) is 91.4 cm³/mol. The minimum Gasteiger partial charge on any atom is -0.434 e. The molecule has 0 aliphatic rings. The second kappa shape index (κ2) is 8.35. The number of nitrogens with zero attached hydrogens (tertiary/aromatic N) is 1. The van der Waals surface area contributed by atoms with Crippen LogP contribution in [0.25, 0.3) is 0 Å². The van der Waals surface area contributed by atoms with E-state index in [0.29, 0.717) is 5.56 Å². The third-order valence-electron chi connectivity index (χ3n) is 2.35. The molecule has 0 heterocycles. The first-order valence-electron chi connectivity index (χ1n) is 6.30. The molecule has 120 valence electrons. The van der Waals surface area contributed by atoms with Crippen LogP contribution in [0.15, 0.2) is 23.2 Å². The molecule has 0 amide bonds. The number of aryl methyl sites for hydroxylation is 1. The van der Waals surface area contributed by atoms with Crippen LogP contribution in [0.5, 0.6) is 5.75 Å². The average molecular weight is 413 g/mol. The van der Waals surface area contributed by atoms with Crippen molar-refractivity contribution in [1.82, 2.24) is 5.32 Å². The van der Waals surface area contributed by atoms with E-state index in [4.69, 9.17) is 5.73 Å². The van der Waals surface area contributed by atoms with E-state index in [9.17, 15) is 8.78 Å². The van der Waals surface area contributed by atoms with E-state index in [1.807, 2.05) is 27.7 Å². The van der Waals surface area contributed by atoms with E-state index in [1.165, 1.54) is 6.07 Å². The van der Waals surface area contributed by atoms with E-state index in [0.717, 1.165) is 5.56 Å². The molecule has 0 bridgehead atoms. The van der Waals surface area contributed by atoms with Crippen molar-refractivity contribution < 1.29 is 13.5 Å². The molecule has 1 aromatic carbocycles. The SMILES string of the molecule is Cc1ccc(OC(F)F)c(CN=C(N)NC(C)(C)C)c1.I. The number of nitrogens with two attached hydrogens (primary N) is 1. The van der Waals surface area contributed by atoms with Gasteiger partial charge in [0, 0.05) is 11.1 Å². The van der Waals surface area contributed by atoms with Gasteiger partial charge in [0.25, 0.3) is 0 Å². The highest BCUT2D eigenvalue weighted by Gasteiger charge is 2.12. The number of hydrogen-bond acceptors (Lipinski definition) is 2. The third kappa shape index (κ3) is 8.03. The van der Waals surface area contributed by atoms with Gasteiger partial charge in [-0.05, 0) is 33.8 Å². The Morgan fingerprint density at radius 1 is 1.38 bits per heavy atom. The van der Waals surface area contributed by atoms with Crippen LogP contribution < -0.4 is 15.8 Å². The van der Waals surface area contributed by atoms with Gasteiger partial charge in [0.15, 0.2) is 5.96 Å². The molecule has 1 aromatic rings. The lowest BCUT2D eigenvalue weighted by molar-refractivity contribution is -0.0504. The second-order valence-electron chi connectivity index (χ2n) is 5.57. The predicted octanol–water partition coefficient (Wildman–Crippen LogP) is 3.42. The van der Waals surface area contributed by atoms with Crippen molar-refractivity contribution >= 4 is 29.9 Å². The molecule has 21 heavy (non-hydrogen) atoms. The molecular formula is C14H22F2IN3O. The van der Waals surface area contributed by atoms with Crippen LogP contribution in [-0.2, 0) is 6.54 Å². The highest BCUT2D eigenvalue weighted by molar-refractivity contribution is 14.0. The number of alkyl halides is 2. The molecule has 0 saturated heterocycles. The zero-order chi connectivity index (χ0) is 15.3.